The lowest BCUT2D eigenvalue weighted by molar-refractivity contribution is -0.117. The average Bonchev–Trinajstić information content (AvgIpc) is 2.74. The van der Waals surface area contributed by atoms with Crippen LogP contribution in [0.3, 0.4) is 0 Å². The number of rotatable bonds is 7. The van der Waals surface area contributed by atoms with Gasteiger partial charge in [0.15, 0.2) is 0 Å². The van der Waals surface area contributed by atoms with Crippen molar-refractivity contribution < 1.29 is 23.1 Å². The number of hydrogen-bond acceptors (Lipinski definition) is 5. The Morgan fingerprint density at radius 3 is 2.10 bits per heavy atom. The van der Waals surface area contributed by atoms with E-state index >= 15 is 0 Å². The highest BCUT2D eigenvalue weighted by atomic mass is 32.2. The molecular weight excluding hydrogens is 406 g/mol. The maximum absolute atomic E-state index is 13.4. The fourth-order valence-corrected chi connectivity index (χ4v) is 4.26. The lowest BCUT2D eigenvalue weighted by Gasteiger charge is -2.25. The maximum Gasteiger partial charge on any atom is 0.268 e. The minimum absolute atomic E-state index is 0.0824. The number of phenolic OH excluding ortho intramolecular Hbond substituents is 1. The zero-order chi connectivity index (χ0) is 21.7. The summed E-state index contributed by atoms with van der Waals surface area (Å²) in [6, 6.07) is 19.7. The van der Waals surface area contributed by atoms with Crippen LogP contribution in [0.1, 0.15) is 10.4 Å². The van der Waals surface area contributed by atoms with E-state index in [1.54, 1.807) is 42.5 Å². The third-order valence-electron chi connectivity index (χ3n) is 4.17. The van der Waals surface area contributed by atoms with Crippen LogP contribution in [0.2, 0.25) is 0 Å². The summed E-state index contributed by atoms with van der Waals surface area (Å²) in [6.07, 6.45) is 0. The number of primary amides is 1. The van der Waals surface area contributed by atoms with Crippen molar-refractivity contribution in [3.63, 3.8) is 0 Å². The summed E-state index contributed by atoms with van der Waals surface area (Å²) in [5, 5.41) is 12.6. The molecule has 30 heavy (non-hydrogen) atoms. The Kier molecular flexibility index (Phi) is 6.03. The zero-order valence-electron chi connectivity index (χ0n) is 15.7. The molecular formula is C21H19N3O5S. The summed E-state index contributed by atoms with van der Waals surface area (Å²) in [6.45, 7) is -0.325. The molecule has 8 nitrogen and oxygen atoms in total. The number of benzene rings is 3. The Morgan fingerprint density at radius 2 is 1.50 bits per heavy atom. The molecule has 3 aromatic rings. The standard InChI is InChI=1S/C21H19N3O5S/c22-20(26)14-23-21(27)15-10-12-17(13-11-15)30(28,29)24(16-6-2-1-3-7-16)18-8-4-5-9-19(18)25/h1-13,25H,14H2,(H2,22,26)(H,23,27). The molecule has 0 saturated carbocycles. The molecule has 0 aliphatic rings. The van der Waals surface area contributed by atoms with Gasteiger partial charge in [0.25, 0.3) is 15.9 Å². The van der Waals surface area contributed by atoms with Crippen LogP contribution in [0.25, 0.3) is 0 Å². The van der Waals surface area contributed by atoms with Crippen LogP contribution >= 0.6 is 0 Å². The van der Waals surface area contributed by atoms with E-state index in [1.165, 1.54) is 36.4 Å². The van der Waals surface area contributed by atoms with Crippen molar-refractivity contribution in [1.82, 2.24) is 5.32 Å². The van der Waals surface area contributed by atoms with Gasteiger partial charge >= 0.3 is 0 Å². The van der Waals surface area contributed by atoms with Crippen LogP contribution in [-0.4, -0.2) is 31.9 Å². The molecule has 0 heterocycles. The van der Waals surface area contributed by atoms with Gasteiger partial charge in [0.05, 0.1) is 22.8 Å². The van der Waals surface area contributed by atoms with E-state index in [0.717, 1.165) is 4.31 Å². The number of nitrogens with one attached hydrogen (secondary N) is 1. The van der Waals surface area contributed by atoms with Gasteiger partial charge in [-0.2, -0.15) is 0 Å². The minimum Gasteiger partial charge on any atom is -0.506 e. The van der Waals surface area contributed by atoms with E-state index < -0.39 is 21.8 Å². The van der Waals surface area contributed by atoms with Gasteiger partial charge in [0, 0.05) is 5.56 Å². The number of nitrogens with two attached hydrogens (primary N) is 1. The summed E-state index contributed by atoms with van der Waals surface area (Å²) in [7, 11) is -4.13. The molecule has 0 spiro atoms. The fourth-order valence-electron chi connectivity index (χ4n) is 2.76. The van der Waals surface area contributed by atoms with E-state index in [-0.39, 0.29) is 28.4 Å². The van der Waals surface area contributed by atoms with Crippen molar-refractivity contribution in [2.24, 2.45) is 5.73 Å². The molecule has 0 aliphatic carbocycles. The number of carbonyl (C=O) groups is 2. The van der Waals surface area contributed by atoms with Gasteiger partial charge in [-0.25, -0.2) is 12.7 Å². The largest absolute Gasteiger partial charge is 0.506 e. The van der Waals surface area contributed by atoms with Crippen molar-refractivity contribution in [2.45, 2.75) is 4.90 Å². The highest BCUT2D eigenvalue weighted by Crippen LogP contribution is 2.37. The number of aromatic hydroxyl groups is 1. The Hall–Kier alpha value is -3.85. The lowest BCUT2D eigenvalue weighted by Crippen LogP contribution is -2.33. The van der Waals surface area contributed by atoms with Gasteiger partial charge in [-0.1, -0.05) is 30.3 Å². The van der Waals surface area contributed by atoms with Crippen LogP contribution in [-0.2, 0) is 14.8 Å². The van der Waals surface area contributed by atoms with Gasteiger partial charge in [-0.15, -0.1) is 0 Å². The number of anilines is 2. The molecule has 3 aromatic carbocycles. The molecule has 0 unspecified atom stereocenters. The second-order valence-corrected chi connectivity index (χ2v) is 8.05. The first-order chi connectivity index (χ1) is 14.3. The van der Waals surface area contributed by atoms with Crippen molar-refractivity contribution in [3.05, 3.63) is 84.4 Å². The molecule has 154 valence electrons. The van der Waals surface area contributed by atoms with Crippen LogP contribution in [0, 0.1) is 0 Å². The van der Waals surface area contributed by atoms with Crippen LogP contribution in [0.5, 0.6) is 5.75 Å². The number of nitrogens with zero attached hydrogens (tertiary/aromatic N) is 1. The topological polar surface area (TPSA) is 130 Å². The Labute approximate surface area is 173 Å². The van der Waals surface area contributed by atoms with Crippen LogP contribution in [0.4, 0.5) is 11.4 Å². The molecule has 4 N–H and O–H groups in total. The molecule has 0 aliphatic heterocycles. The molecule has 0 bridgehead atoms. The molecule has 2 amide bonds. The van der Waals surface area contributed by atoms with Crippen molar-refractivity contribution in [3.8, 4) is 5.75 Å². The number of hydrogen-bond donors (Lipinski definition) is 3. The van der Waals surface area contributed by atoms with Gasteiger partial charge < -0.3 is 16.2 Å². The average molecular weight is 425 g/mol. The minimum atomic E-state index is -4.13. The predicted octanol–water partition coefficient (Wildman–Crippen LogP) is 2.13. The van der Waals surface area contributed by atoms with E-state index in [9.17, 15) is 23.1 Å². The normalized spacial score (nSPS) is 10.9. The molecule has 0 saturated heterocycles. The summed E-state index contributed by atoms with van der Waals surface area (Å²) in [5.41, 5.74) is 5.59. The molecule has 9 heteroatoms. The van der Waals surface area contributed by atoms with Crippen molar-refractivity contribution >= 4 is 33.2 Å². The van der Waals surface area contributed by atoms with Gasteiger partial charge in [0.1, 0.15) is 5.75 Å². The van der Waals surface area contributed by atoms with Gasteiger partial charge in [-0.3, -0.25) is 9.59 Å². The molecule has 0 aromatic heterocycles. The third kappa shape index (κ3) is 4.41. The summed E-state index contributed by atoms with van der Waals surface area (Å²) < 4.78 is 27.9. The van der Waals surface area contributed by atoms with E-state index in [2.05, 4.69) is 5.32 Å². The highest BCUT2D eigenvalue weighted by molar-refractivity contribution is 7.93. The van der Waals surface area contributed by atoms with Gasteiger partial charge in [0.2, 0.25) is 5.91 Å². The first-order valence-corrected chi connectivity index (χ1v) is 10.3. The number of sulfonamides is 1. The molecule has 0 atom stereocenters. The first-order valence-electron chi connectivity index (χ1n) is 8.85. The Bertz CT molecular complexity index is 1160. The zero-order valence-corrected chi connectivity index (χ0v) is 16.5. The number of amides is 2. The van der Waals surface area contributed by atoms with Crippen LogP contribution in [0.15, 0.2) is 83.8 Å². The Morgan fingerprint density at radius 1 is 0.900 bits per heavy atom. The smallest absolute Gasteiger partial charge is 0.268 e. The SMILES string of the molecule is NC(=O)CNC(=O)c1ccc(S(=O)(=O)N(c2ccccc2)c2ccccc2O)cc1. The van der Waals surface area contributed by atoms with E-state index in [0.29, 0.717) is 5.69 Å². The second-order valence-electron chi connectivity index (χ2n) is 6.27. The van der Waals surface area contributed by atoms with Crippen molar-refractivity contribution in [1.29, 1.82) is 0 Å². The summed E-state index contributed by atoms with van der Waals surface area (Å²) in [5.74, 6) is -1.45. The Balaban J connectivity index is 2.01. The summed E-state index contributed by atoms with van der Waals surface area (Å²) in [4.78, 5) is 22.7. The van der Waals surface area contributed by atoms with E-state index in [1.807, 2.05) is 0 Å². The molecule has 0 radical (unpaired) electrons. The number of para-hydroxylation sites is 3. The summed E-state index contributed by atoms with van der Waals surface area (Å²) >= 11 is 0. The lowest BCUT2D eigenvalue weighted by atomic mass is 10.2. The number of phenols is 1. The molecule has 0 fully saturated rings. The fraction of sp³-hybridized carbons (Fsp3) is 0.0476. The van der Waals surface area contributed by atoms with E-state index in [4.69, 9.17) is 5.73 Å². The van der Waals surface area contributed by atoms with Gasteiger partial charge in [-0.05, 0) is 48.5 Å². The third-order valence-corrected chi connectivity index (χ3v) is 5.93. The monoisotopic (exact) mass is 425 g/mol. The quantitative estimate of drug-likeness (QED) is 0.534. The number of carbonyl (C=O) groups excluding carboxylic acids is 2. The molecule has 3 rings (SSSR count). The van der Waals surface area contributed by atoms with Crippen molar-refractivity contribution in [2.75, 3.05) is 10.8 Å². The van der Waals surface area contributed by atoms with Crippen LogP contribution < -0.4 is 15.4 Å². The predicted molar refractivity (Wildman–Crippen MR) is 112 cm³/mol. The first kappa shape index (κ1) is 20.9. The maximum atomic E-state index is 13.4. The highest BCUT2D eigenvalue weighted by Gasteiger charge is 2.28. The second kappa shape index (κ2) is 8.66.